The molecule has 0 aliphatic rings. The monoisotopic (exact) mass is 326 g/mol. The molecule has 100 valence electrons. The van der Waals surface area contributed by atoms with Crippen molar-refractivity contribution < 1.29 is 4.42 Å². The summed E-state index contributed by atoms with van der Waals surface area (Å²) >= 11 is 3.45. The minimum absolute atomic E-state index is 0.825. The Labute approximate surface area is 127 Å². The van der Waals surface area contributed by atoms with Gasteiger partial charge in [-0.05, 0) is 48.7 Å². The van der Waals surface area contributed by atoms with Gasteiger partial charge in [-0.15, -0.1) is 6.58 Å². The summed E-state index contributed by atoms with van der Waals surface area (Å²) in [4.78, 5) is 0. The van der Waals surface area contributed by atoms with E-state index >= 15 is 0 Å². The van der Waals surface area contributed by atoms with Crippen molar-refractivity contribution in [3.63, 3.8) is 0 Å². The van der Waals surface area contributed by atoms with Crippen molar-refractivity contribution in [2.75, 3.05) is 0 Å². The van der Waals surface area contributed by atoms with Crippen LogP contribution in [0.2, 0.25) is 0 Å². The molecule has 3 rings (SSSR count). The zero-order chi connectivity index (χ0) is 14.1. The van der Waals surface area contributed by atoms with Gasteiger partial charge in [0, 0.05) is 15.4 Å². The molecule has 2 aromatic carbocycles. The number of rotatable bonds is 3. The van der Waals surface area contributed by atoms with Crippen molar-refractivity contribution in [1.82, 2.24) is 0 Å². The molecule has 0 spiro atoms. The lowest BCUT2D eigenvalue weighted by molar-refractivity contribution is 0.627. The summed E-state index contributed by atoms with van der Waals surface area (Å²) in [5, 5.41) is 1.15. The van der Waals surface area contributed by atoms with E-state index in [0.29, 0.717) is 0 Å². The number of aryl methyl sites for hydroxylation is 1. The number of fused-ring (bicyclic) bond motifs is 1. The molecule has 0 unspecified atom stereocenters. The van der Waals surface area contributed by atoms with Crippen LogP contribution in [-0.4, -0.2) is 0 Å². The van der Waals surface area contributed by atoms with Crippen LogP contribution in [0.15, 0.2) is 64.0 Å². The Morgan fingerprint density at radius 2 is 1.90 bits per heavy atom. The van der Waals surface area contributed by atoms with E-state index in [1.54, 1.807) is 0 Å². The second kappa shape index (κ2) is 5.29. The molecule has 0 atom stereocenters. The van der Waals surface area contributed by atoms with Gasteiger partial charge in [-0.2, -0.15) is 0 Å². The van der Waals surface area contributed by atoms with Crippen LogP contribution in [0.3, 0.4) is 0 Å². The SMILES string of the molecule is C=CCc1cc(C)cc2cc(-c3ccc(Br)cc3)oc12. The van der Waals surface area contributed by atoms with Crippen LogP contribution in [0.5, 0.6) is 0 Å². The van der Waals surface area contributed by atoms with E-state index in [0.717, 1.165) is 33.2 Å². The first kappa shape index (κ1) is 13.2. The summed E-state index contributed by atoms with van der Waals surface area (Å²) in [6, 6.07) is 14.6. The largest absolute Gasteiger partial charge is 0.456 e. The van der Waals surface area contributed by atoms with Crippen molar-refractivity contribution in [2.45, 2.75) is 13.3 Å². The predicted molar refractivity (Wildman–Crippen MR) is 88.0 cm³/mol. The van der Waals surface area contributed by atoms with Gasteiger partial charge in [-0.1, -0.05) is 40.2 Å². The number of hydrogen-bond donors (Lipinski definition) is 0. The molecule has 20 heavy (non-hydrogen) atoms. The number of hydrogen-bond acceptors (Lipinski definition) is 1. The first-order valence-corrected chi connectivity index (χ1v) is 7.36. The number of furan rings is 1. The Morgan fingerprint density at radius 1 is 1.15 bits per heavy atom. The molecule has 0 saturated heterocycles. The van der Waals surface area contributed by atoms with E-state index in [1.165, 1.54) is 11.1 Å². The molecule has 0 amide bonds. The average Bonchev–Trinajstić information content (AvgIpc) is 2.83. The van der Waals surface area contributed by atoms with Crippen LogP contribution < -0.4 is 0 Å². The normalized spacial score (nSPS) is 10.9. The maximum absolute atomic E-state index is 6.07. The molecule has 0 aliphatic carbocycles. The highest BCUT2D eigenvalue weighted by Crippen LogP contribution is 2.31. The second-order valence-electron chi connectivity index (χ2n) is 4.95. The van der Waals surface area contributed by atoms with Crippen molar-refractivity contribution >= 4 is 26.9 Å². The molecule has 0 N–H and O–H groups in total. The van der Waals surface area contributed by atoms with E-state index in [-0.39, 0.29) is 0 Å². The molecule has 0 bridgehead atoms. The maximum atomic E-state index is 6.07. The number of allylic oxidation sites excluding steroid dienone is 1. The van der Waals surface area contributed by atoms with E-state index in [9.17, 15) is 0 Å². The van der Waals surface area contributed by atoms with Gasteiger partial charge in [0.25, 0.3) is 0 Å². The van der Waals surface area contributed by atoms with Crippen molar-refractivity contribution in [3.05, 3.63) is 70.7 Å². The number of benzene rings is 2. The van der Waals surface area contributed by atoms with Crippen LogP contribution >= 0.6 is 15.9 Å². The molecule has 3 aromatic rings. The Hall–Kier alpha value is -1.80. The number of halogens is 1. The lowest BCUT2D eigenvalue weighted by Gasteiger charge is -2.01. The fourth-order valence-electron chi connectivity index (χ4n) is 2.45. The Morgan fingerprint density at radius 3 is 2.60 bits per heavy atom. The summed E-state index contributed by atoms with van der Waals surface area (Å²) in [6.07, 6.45) is 2.74. The van der Waals surface area contributed by atoms with Gasteiger partial charge < -0.3 is 4.42 Å². The van der Waals surface area contributed by atoms with Gasteiger partial charge in [0.15, 0.2) is 0 Å². The smallest absolute Gasteiger partial charge is 0.138 e. The molecule has 0 aliphatic heterocycles. The van der Waals surface area contributed by atoms with Crippen LogP contribution in [0.4, 0.5) is 0 Å². The highest BCUT2D eigenvalue weighted by Gasteiger charge is 2.10. The third-order valence-electron chi connectivity index (χ3n) is 3.33. The van der Waals surface area contributed by atoms with Crippen LogP contribution in [-0.2, 0) is 6.42 Å². The molecule has 0 fully saturated rings. The molecule has 2 heteroatoms. The second-order valence-corrected chi connectivity index (χ2v) is 5.87. The highest BCUT2D eigenvalue weighted by atomic mass is 79.9. The summed E-state index contributed by atoms with van der Waals surface area (Å²) in [7, 11) is 0. The molecule has 0 saturated carbocycles. The molecule has 1 nitrogen and oxygen atoms in total. The van der Waals surface area contributed by atoms with Gasteiger partial charge in [0.2, 0.25) is 0 Å². The van der Waals surface area contributed by atoms with Gasteiger partial charge in [-0.25, -0.2) is 0 Å². The Balaban J connectivity index is 2.16. The first-order valence-electron chi connectivity index (χ1n) is 6.57. The van der Waals surface area contributed by atoms with Crippen molar-refractivity contribution in [2.24, 2.45) is 0 Å². The maximum Gasteiger partial charge on any atom is 0.138 e. The molecular formula is C18H15BrO. The fraction of sp³-hybridized carbons (Fsp3) is 0.111. The van der Waals surface area contributed by atoms with Crippen LogP contribution in [0.1, 0.15) is 11.1 Å². The summed E-state index contributed by atoms with van der Waals surface area (Å²) in [5.41, 5.74) is 4.50. The zero-order valence-electron chi connectivity index (χ0n) is 11.3. The van der Waals surface area contributed by atoms with Gasteiger partial charge in [-0.3, -0.25) is 0 Å². The predicted octanol–water partition coefficient (Wildman–Crippen LogP) is 5.90. The highest BCUT2D eigenvalue weighted by molar-refractivity contribution is 9.10. The van der Waals surface area contributed by atoms with E-state index in [2.05, 4.69) is 59.8 Å². The lowest BCUT2D eigenvalue weighted by Crippen LogP contribution is -1.83. The topological polar surface area (TPSA) is 13.1 Å². The summed E-state index contributed by atoms with van der Waals surface area (Å²) in [5.74, 6) is 0.906. The minimum Gasteiger partial charge on any atom is -0.456 e. The van der Waals surface area contributed by atoms with Gasteiger partial charge in [0.1, 0.15) is 11.3 Å². The third kappa shape index (κ3) is 2.44. The lowest BCUT2D eigenvalue weighted by atomic mass is 10.1. The summed E-state index contributed by atoms with van der Waals surface area (Å²) in [6.45, 7) is 5.93. The van der Waals surface area contributed by atoms with Crippen LogP contribution in [0, 0.1) is 6.92 Å². The van der Waals surface area contributed by atoms with Crippen molar-refractivity contribution in [1.29, 1.82) is 0 Å². The van der Waals surface area contributed by atoms with Crippen LogP contribution in [0.25, 0.3) is 22.3 Å². The zero-order valence-corrected chi connectivity index (χ0v) is 12.9. The van der Waals surface area contributed by atoms with E-state index in [4.69, 9.17) is 4.42 Å². The van der Waals surface area contributed by atoms with Crippen molar-refractivity contribution in [3.8, 4) is 11.3 Å². The quantitative estimate of drug-likeness (QED) is 0.546. The average molecular weight is 327 g/mol. The Kier molecular flexibility index (Phi) is 3.49. The Bertz CT molecular complexity index is 766. The fourth-order valence-corrected chi connectivity index (χ4v) is 2.72. The first-order chi connectivity index (χ1) is 9.67. The minimum atomic E-state index is 0.825. The van der Waals surface area contributed by atoms with Gasteiger partial charge >= 0.3 is 0 Å². The molecule has 1 aromatic heterocycles. The van der Waals surface area contributed by atoms with E-state index in [1.807, 2.05) is 18.2 Å². The van der Waals surface area contributed by atoms with Gasteiger partial charge in [0.05, 0.1) is 0 Å². The molecule has 1 heterocycles. The summed E-state index contributed by atoms with van der Waals surface area (Å²) < 4.78 is 7.14. The molecular weight excluding hydrogens is 312 g/mol. The standard InChI is InChI=1S/C18H15BrO/c1-3-4-14-9-12(2)10-15-11-17(20-18(14)15)13-5-7-16(19)8-6-13/h3,5-11H,1,4H2,2H3. The van der Waals surface area contributed by atoms with E-state index < -0.39 is 0 Å². The molecule has 0 radical (unpaired) electrons. The third-order valence-corrected chi connectivity index (χ3v) is 3.86.